The van der Waals surface area contributed by atoms with Gasteiger partial charge in [-0.05, 0) is 45.5 Å². The number of aromatic nitrogens is 2. The summed E-state index contributed by atoms with van der Waals surface area (Å²) in [6.45, 7) is 0. The maximum atomic E-state index is 4.69. The van der Waals surface area contributed by atoms with Crippen molar-refractivity contribution in [2.75, 3.05) is 0 Å². The molecule has 0 aliphatic heterocycles. The van der Waals surface area contributed by atoms with Gasteiger partial charge >= 0.3 is 0 Å². The quantitative estimate of drug-likeness (QED) is 0.416. The van der Waals surface area contributed by atoms with E-state index in [2.05, 4.69) is 71.1 Å². The van der Waals surface area contributed by atoms with Gasteiger partial charge in [-0.3, -0.25) is 4.68 Å². The largest absolute Gasteiger partial charge is 0.257 e. The number of benzene rings is 2. The molecular formula is C16H11IN2S. The van der Waals surface area contributed by atoms with Gasteiger partial charge in [0.2, 0.25) is 0 Å². The van der Waals surface area contributed by atoms with Crippen LogP contribution in [0.1, 0.15) is 0 Å². The van der Waals surface area contributed by atoms with Crippen molar-refractivity contribution < 1.29 is 0 Å². The van der Waals surface area contributed by atoms with Crippen molar-refractivity contribution in [2.45, 2.75) is 0 Å². The molecule has 0 atom stereocenters. The number of halogens is 1. The van der Waals surface area contributed by atoms with Crippen LogP contribution in [0.4, 0.5) is 0 Å². The summed E-state index contributed by atoms with van der Waals surface area (Å²) < 4.78 is 3.28. The van der Waals surface area contributed by atoms with Crippen LogP contribution in [0.25, 0.3) is 32.2 Å². The standard InChI is InChI=1S/C16H11IN2S/c1-19-16-13(9-14(17)20-16)15(18-19)12-7-6-10-4-2-3-5-11(10)8-12/h2-9H,1H3. The molecule has 4 heteroatoms. The number of hydrogen-bond donors (Lipinski definition) is 0. The molecule has 0 radical (unpaired) electrons. The molecule has 0 spiro atoms. The average Bonchev–Trinajstić information content (AvgIpc) is 2.98. The molecule has 0 aliphatic rings. The second-order valence-electron chi connectivity index (χ2n) is 4.80. The predicted molar refractivity (Wildman–Crippen MR) is 94.3 cm³/mol. The first-order valence-corrected chi connectivity index (χ1v) is 8.23. The molecule has 4 aromatic rings. The van der Waals surface area contributed by atoms with Gasteiger partial charge < -0.3 is 0 Å². The van der Waals surface area contributed by atoms with Gasteiger partial charge in [-0.1, -0.05) is 36.4 Å². The highest BCUT2D eigenvalue weighted by Crippen LogP contribution is 2.35. The Morgan fingerprint density at radius 3 is 2.70 bits per heavy atom. The number of thiophene rings is 1. The van der Waals surface area contributed by atoms with Crippen LogP contribution in [0.15, 0.2) is 48.5 Å². The average molecular weight is 390 g/mol. The minimum Gasteiger partial charge on any atom is -0.257 e. The van der Waals surface area contributed by atoms with E-state index >= 15 is 0 Å². The van der Waals surface area contributed by atoms with Crippen LogP contribution in [-0.2, 0) is 7.05 Å². The molecule has 20 heavy (non-hydrogen) atoms. The molecule has 0 saturated carbocycles. The van der Waals surface area contributed by atoms with Crippen molar-refractivity contribution in [1.82, 2.24) is 9.78 Å². The molecule has 0 amide bonds. The summed E-state index contributed by atoms with van der Waals surface area (Å²) in [5, 5.41) is 8.46. The summed E-state index contributed by atoms with van der Waals surface area (Å²) in [4.78, 5) is 1.23. The van der Waals surface area contributed by atoms with E-state index in [1.165, 1.54) is 29.4 Å². The third-order valence-electron chi connectivity index (χ3n) is 3.50. The molecule has 98 valence electrons. The fraction of sp³-hybridized carbons (Fsp3) is 0.0625. The normalized spacial score (nSPS) is 11.5. The van der Waals surface area contributed by atoms with Crippen LogP contribution in [0.5, 0.6) is 0 Å². The Balaban J connectivity index is 2.00. The summed E-state index contributed by atoms with van der Waals surface area (Å²) in [5.74, 6) is 0. The minimum atomic E-state index is 1.08. The van der Waals surface area contributed by atoms with Gasteiger partial charge in [0, 0.05) is 18.0 Å². The Labute approximate surface area is 134 Å². The Bertz CT molecular complexity index is 936. The smallest absolute Gasteiger partial charge is 0.122 e. The van der Waals surface area contributed by atoms with Crippen LogP contribution >= 0.6 is 33.9 Å². The molecule has 0 bridgehead atoms. The zero-order chi connectivity index (χ0) is 13.7. The second-order valence-corrected chi connectivity index (χ2v) is 7.73. The van der Waals surface area contributed by atoms with Gasteiger partial charge in [0.15, 0.2) is 0 Å². The number of nitrogens with zero attached hydrogens (tertiary/aromatic N) is 2. The van der Waals surface area contributed by atoms with Crippen molar-refractivity contribution in [3.63, 3.8) is 0 Å². The third kappa shape index (κ3) is 1.86. The highest BCUT2D eigenvalue weighted by molar-refractivity contribution is 14.1. The molecule has 0 N–H and O–H groups in total. The van der Waals surface area contributed by atoms with Crippen LogP contribution < -0.4 is 0 Å². The Morgan fingerprint density at radius 1 is 1.05 bits per heavy atom. The highest BCUT2D eigenvalue weighted by atomic mass is 127. The van der Waals surface area contributed by atoms with E-state index in [9.17, 15) is 0 Å². The lowest BCUT2D eigenvalue weighted by Gasteiger charge is -2.01. The van der Waals surface area contributed by atoms with Gasteiger partial charge in [0.25, 0.3) is 0 Å². The Morgan fingerprint density at radius 2 is 1.85 bits per heavy atom. The second kappa shape index (κ2) is 4.56. The van der Waals surface area contributed by atoms with E-state index in [1.54, 1.807) is 11.3 Å². The van der Waals surface area contributed by atoms with Gasteiger partial charge in [0.1, 0.15) is 10.5 Å². The van der Waals surface area contributed by atoms with E-state index in [0.29, 0.717) is 0 Å². The Hall–Kier alpha value is -1.40. The first kappa shape index (κ1) is 12.3. The molecule has 2 nitrogen and oxygen atoms in total. The monoisotopic (exact) mass is 390 g/mol. The number of fused-ring (bicyclic) bond motifs is 2. The molecule has 2 aromatic carbocycles. The van der Waals surface area contributed by atoms with E-state index in [4.69, 9.17) is 5.10 Å². The number of hydrogen-bond acceptors (Lipinski definition) is 2. The van der Waals surface area contributed by atoms with Crippen molar-refractivity contribution in [3.05, 3.63) is 51.4 Å². The van der Waals surface area contributed by atoms with Crippen molar-refractivity contribution in [2.24, 2.45) is 7.05 Å². The summed E-state index contributed by atoms with van der Waals surface area (Å²) >= 11 is 4.16. The summed E-state index contributed by atoms with van der Waals surface area (Å²) in [5.41, 5.74) is 2.26. The number of rotatable bonds is 1. The van der Waals surface area contributed by atoms with E-state index in [0.717, 1.165) is 5.69 Å². The minimum absolute atomic E-state index is 1.08. The maximum Gasteiger partial charge on any atom is 0.122 e. The molecule has 2 aromatic heterocycles. The summed E-state index contributed by atoms with van der Waals surface area (Å²) in [6, 6.07) is 17.2. The highest BCUT2D eigenvalue weighted by Gasteiger charge is 2.13. The van der Waals surface area contributed by atoms with E-state index < -0.39 is 0 Å². The molecular weight excluding hydrogens is 379 g/mol. The van der Waals surface area contributed by atoms with Crippen LogP contribution in [0.2, 0.25) is 0 Å². The fourth-order valence-corrected chi connectivity index (χ4v) is 4.30. The van der Waals surface area contributed by atoms with Crippen molar-refractivity contribution in [3.8, 4) is 11.3 Å². The molecule has 0 aliphatic carbocycles. The zero-order valence-corrected chi connectivity index (χ0v) is 13.8. The third-order valence-corrected chi connectivity index (χ3v) is 5.47. The molecule has 2 heterocycles. The fourth-order valence-electron chi connectivity index (χ4n) is 2.56. The van der Waals surface area contributed by atoms with E-state index in [-0.39, 0.29) is 0 Å². The van der Waals surface area contributed by atoms with Gasteiger partial charge in [-0.2, -0.15) is 5.10 Å². The van der Waals surface area contributed by atoms with Gasteiger partial charge in [-0.15, -0.1) is 11.3 Å². The summed E-state index contributed by atoms with van der Waals surface area (Å²) in [7, 11) is 2.01. The van der Waals surface area contributed by atoms with E-state index in [1.807, 2.05) is 11.7 Å². The van der Waals surface area contributed by atoms with Gasteiger partial charge in [-0.25, -0.2) is 0 Å². The first-order valence-electron chi connectivity index (χ1n) is 6.33. The molecule has 0 saturated heterocycles. The maximum absolute atomic E-state index is 4.69. The topological polar surface area (TPSA) is 17.8 Å². The van der Waals surface area contributed by atoms with Crippen LogP contribution in [0.3, 0.4) is 0 Å². The van der Waals surface area contributed by atoms with Crippen molar-refractivity contribution in [1.29, 1.82) is 0 Å². The number of aryl methyl sites for hydroxylation is 1. The SMILES string of the molecule is Cn1nc(-c2ccc3ccccc3c2)c2cc(I)sc21. The lowest BCUT2D eigenvalue weighted by Crippen LogP contribution is -1.89. The molecule has 4 rings (SSSR count). The molecule has 0 fully saturated rings. The van der Waals surface area contributed by atoms with Crippen molar-refractivity contribution >= 4 is 54.9 Å². The zero-order valence-electron chi connectivity index (χ0n) is 10.8. The first-order chi connectivity index (χ1) is 9.72. The Kier molecular flexibility index (Phi) is 2.82. The lowest BCUT2D eigenvalue weighted by molar-refractivity contribution is 0.806. The summed E-state index contributed by atoms with van der Waals surface area (Å²) in [6.07, 6.45) is 0. The molecule has 0 unspecified atom stereocenters. The predicted octanol–water partition coefficient (Wildman–Crippen LogP) is 5.06. The van der Waals surface area contributed by atoms with Crippen LogP contribution in [-0.4, -0.2) is 9.78 Å². The van der Waals surface area contributed by atoms with Crippen LogP contribution in [0, 0.1) is 2.88 Å². The van der Waals surface area contributed by atoms with Gasteiger partial charge in [0.05, 0.1) is 2.88 Å². The lowest BCUT2D eigenvalue weighted by atomic mass is 10.0.